The fourth-order valence-electron chi connectivity index (χ4n) is 1.45. The van der Waals surface area contributed by atoms with Gasteiger partial charge in [-0.3, -0.25) is 20.2 Å². The van der Waals surface area contributed by atoms with Gasteiger partial charge in [0, 0.05) is 12.1 Å². The van der Waals surface area contributed by atoms with Crippen molar-refractivity contribution in [1.29, 1.82) is 0 Å². The van der Waals surface area contributed by atoms with Crippen molar-refractivity contribution in [3.63, 3.8) is 0 Å². The number of hydrogen-bond acceptors (Lipinski definition) is 6. The van der Waals surface area contributed by atoms with Gasteiger partial charge >= 0.3 is 5.69 Å². The predicted molar refractivity (Wildman–Crippen MR) is 74.9 cm³/mol. The van der Waals surface area contributed by atoms with Crippen LogP contribution < -0.4 is 0 Å². The summed E-state index contributed by atoms with van der Waals surface area (Å²) in [5.74, 6) is -0.709. The fraction of sp³-hybridized carbons (Fsp3) is 0.500. The molecule has 1 rings (SSSR count). The summed E-state index contributed by atoms with van der Waals surface area (Å²) in [7, 11) is 0. The molecule has 1 aromatic carbocycles. The average Bonchev–Trinajstić information content (AvgIpc) is 2.40. The van der Waals surface area contributed by atoms with Gasteiger partial charge in [-0.25, -0.2) is 0 Å². The number of nitro groups is 2. The van der Waals surface area contributed by atoms with Crippen molar-refractivity contribution in [3.8, 4) is 5.75 Å². The van der Waals surface area contributed by atoms with Crippen LogP contribution in [0.4, 0.5) is 11.4 Å². The first-order chi connectivity index (χ1) is 9.37. The van der Waals surface area contributed by atoms with Crippen LogP contribution in [0, 0.1) is 20.2 Å². The summed E-state index contributed by atoms with van der Waals surface area (Å²) in [5.41, 5.74) is -0.936. The number of aromatic hydroxyl groups is 1. The molecule has 0 spiro atoms. The number of nitrogens with zero attached hydrogens (tertiary/aromatic N) is 3. The van der Waals surface area contributed by atoms with Crippen LogP contribution in [-0.2, 0) is 0 Å². The van der Waals surface area contributed by atoms with Gasteiger partial charge in [0.1, 0.15) is 0 Å². The lowest BCUT2D eigenvalue weighted by atomic mass is 10.2. The monoisotopic (exact) mass is 285 g/mol. The van der Waals surface area contributed by atoms with E-state index >= 15 is 0 Å². The quantitative estimate of drug-likeness (QED) is 0.657. The fourth-order valence-corrected chi connectivity index (χ4v) is 1.45. The van der Waals surface area contributed by atoms with Crippen molar-refractivity contribution in [1.82, 2.24) is 4.90 Å². The number of phenolic OH excluding ortho intramolecular Hbond substituents is 1. The molecule has 0 aliphatic rings. The third kappa shape index (κ3) is 5.61. The minimum Gasteiger partial charge on any atom is -0.502 e. The van der Waals surface area contributed by atoms with Crippen LogP contribution in [0.2, 0.25) is 0 Å². The SMILES string of the molecule is CCN(CC)CC.O=[N+]([O-])c1ccc([N+](=O)[O-])c(O)c1. The smallest absolute Gasteiger partial charge is 0.311 e. The number of non-ortho nitro benzene ring substituents is 1. The molecule has 112 valence electrons. The molecular formula is C12H19N3O5. The van der Waals surface area contributed by atoms with Crippen molar-refractivity contribution in [2.75, 3.05) is 19.6 Å². The number of nitro benzene ring substituents is 2. The first-order valence-electron chi connectivity index (χ1n) is 6.21. The molecule has 8 nitrogen and oxygen atoms in total. The maximum absolute atomic E-state index is 10.2. The Morgan fingerprint density at radius 2 is 1.55 bits per heavy atom. The zero-order valence-electron chi connectivity index (χ0n) is 11.8. The largest absolute Gasteiger partial charge is 0.502 e. The molecule has 0 aliphatic heterocycles. The molecule has 0 atom stereocenters. The Hall–Kier alpha value is -2.22. The van der Waals surface area contributed by atoms with E-state index in [-0.39, 0.29) is 5.69 Å². The molecule has 0 saturated carbocycles. The Bertz CT molecular complexity index is 455. The summed E-state index contributed by atoms with van der Waals surface area (Å²) in [5, 5.41) is 29.3. The maximum Gasteiger partial charge on any atom is 0.311 e. The van der Waals surface area contributed by atoms with E-state index in [9.17, 15) is 20.2 Å². The van der Waals surface area contributed by atoms with E-state index in [4.69, 9.17) is 5.11 Å². The number of rotatable bonds is 5. The molecule has 1 N–H and O–H groups in total. The van der Waals surface area contributed by atoms with Crippen LogP contribution in [0.5, 0.6) is 5.75 Å². The van der Waals surface area contributed by atoms with Gasteiger partial charge in [-0.1, -0.05) is 20.8 Å². The second-order valence-corrected chi connectivity index (χ2v) is 3.81. The van der Waals surface area contributed by atoms with Gasteiger partial charge in [-0.15, -0.1) is 0 Å². The zero-order valence-corrected chi connectivity index (χ0v) is 11.8. The summed E-state index contributed by atoms with van der Waals surface area (Å²) in [6, 6.07) is 2.57. The highest BCUT2D eigenvalue weighted by Crippen LogP contribution is 2.29. The molecule has 8 heteroatoms. The van der Waals surface area contributed by atoms with Gasteiger partial charge in [0.15, 0.2) is 0 Å². The Morgan fingerprint density at radius 1 is 1.05 bits per heavy atom. The molecule has 1 aromatic rings. The third-order valence-corrected chi connectivity index (χ3v) is 2.71. The highest BCUT2D eigenvalue weighted by Gasteiger charge is 2.16. The Morgan fingerprint density at radius 3 is 1.80 bits per heavy atom. The second-order valence-electron chi connectivity index (χ2n) is 3.81. The third-order valence-electron chi connectivity index (χ3n) is 2.71. The predicted octanol–water partition coefficient (Wildman–Crippen LogP) is 2.56. The van der Waals surface area contributed by atoms with Crippen LogP contribution >= 0.6 is 0 Å². The minimum absolute atomic E-state index is 0.386. The van der Waals surface area contributed by atoms with Crippen LogP contribution in [0.25, 0.3) is 0 Å². The van der Waals surface area contributed by atoms with E-state index in [1.165, 1.54) is 19.6 Å². The topological polar surface area (TPSA) is 110 Å². The number of phenols is 1. The van der Waals surface area contributed by atoms with E-state index in [0.29, 0.717) is 0 Å². The van der Waals surface area contributed by atoms with Crippen LogP contribution in [0.1, 0.15) is 20.8 Å². The highest BCUT2D eigenvalue weighted by molar-refractivity contribution is 5.51. The van der Waals surface area contributed by atoms with Crippen molar-refractivity contribution in [2.45, 2.75) is 20.8 Å². The molecule has 0 amide bonds. The van der Waals surface area contributed by atoms with E-state index < -0.39 is 21.3 Å². The van der Waals surface area contributed by atoms with Crippen LogP contribution in [0.3, 0.4) is 0 Å². The molecule has 0 saturated heterocycles. The second kappa shape index (κ2) is 8.81. The number of benzene rings is 1. The summed E-state index contributed by atoms with van der Waals surface area (Å²) < 4.78 is 0. The van der Waals surface area contributed by atoms with Crippen molar-refractivity contribution in [3.05, 3.63) is 38.4 Å². The molecule has 0 aliphatic carbocycles. The van der Waals surface area contributed by atoms with Gasteiger partial charge in [0.05, 0.1) is 15.9 Å². The van der Waals surface area contributed by atoms with Gasteiger partial charge in [0.25, 0.3) is 5.69 Å². The molecular weight excluding hydrogens is 266 g/mol. The Kier molecular flexibility index (Phi) is 7.83. The van der Waals surface area contributed by atoms with Crippen molar-refractivity contribution < 1.29 is 15.0 Å². The highest BCUT2D eigenvalue weighted by atomic mass is 16.6. The zero-order chi connectivity index (χ0) is 15.7. The molecule has 0 unspecified atom stereocenters. The summed E-state index contributed by atoms with van der Waals surface area (Å²) in [4.78, 5) is 21.1. The maximum atomic E-state index is 10.2. The van der Waals surface area contributed by atoms with Crippen molar-refractivity contribution >= 4 is 11.4 Å². The normalized spacial score (nSPS) is 9.80. The lowest BCUT2D eigenvalue weighted by molar-refractivity contribution is -0.389. The van der Waals surface area contributed by atoms with Gasteiger partial charge in [-0.2, -0.15) is 0 Å². The molecule has 0 heterocycles. The molecule has 20 heavy (non-hydrogen) atoms. The molecule has 0 radical (unpaired) electrons. The lowest BCUT2D eigenvalue weighted by Gasteiger charge is -2.13. The average molecular weight is 285 g/mol. The summed E-state index contributed by atoms with van der Waals surface area (Å²) in [6.07, 6.45) is 0. The Labute approximate surface area is 116 Å². The van der Waals surface area contributed by atoms with Crippen LogP contribution in [-0.4, -0.2) is 39.5 Å². The molecule has 0 bridgehead atoms. The first-order valence-corrected chi connectivity index (χ1v) is 6.21. The lowest BCUT2D eigenvalue weighted by Crippen LogP contribution is -2.21. The molecule has 0 fully saturated rings. The van der Waals surface area contributed by atoms with E-state index in [1.807, 2.05) is 0 Å². The van der Waals surface area contributed by atoms with E-state index in [1.54, 1.807) is 0 Å². The standard InChI is InChI=1S/C6H4N2O5.C6H15N/c9-6-3-4(7(10)11)1-2-5(6)8(12)13;1-4-7(5-2)6-3/h1-3,9H;4-6H2,1-3H3. The summed E-state index contributed by atoms with van der Waals surface area (Å²) in [6.45, 7) is 10.1. The molecule has 0 aromatic heterocycles. The minimum atomic E-state index is -0.820. The van der Waals surface area contributed by atoms with Crippen LogP contribution in [0.15, 0.2) is 18.2 Å². The van der Waals surface area contributed by atoms with Crippen molar-refractivity contribution in [2.24, 2.45) is 0 Å². The first kappa shape index (κ1) is 17.8. The van der Waals surface area contributed by atoms with Gasteiger partial charge in [-0.05, 0) is 19.6 Å². The van der Waals surface area contributed by atoms with Gasteiger partial charge in [0.2, 0.25) is 5.75 Å². The number of hydrogen-bond donors (Lipinski definition) is 1. The Balaban J connectivity index is 0.000000441. The van der Waals surface area contributed by atoms with E-state index in [2.05, 4.69) is 25.7 Å². The summed E-state index contributed by atoms with van der Waals surface area (Å²) >= 11 is 0. The van der Waals surface area contributed by atoms with E-state index in [0.717, 1.165) is 18.2 Å². The van der Waals surface area contributed by atoms with Gasteiger partial charge < -0.3 is 10.0 Å².